The van der Waals surface area contributed by atoms with Crippen molar-refractivity contribution in [3.8, 4) is 0 Å². The quantitative estimate of drug-likeness (QED) is 0.293. The molecule has 0 N–H and O–H groups in total. The van der Waals surface area contributed by atoms with Crippen LogP contribution < -0.4 is 5.56 Å². The summed E-state index contributed by atoms with van der Waals surface area (Å²) < 4.78 is 6.45. The smallest absolute Gasteiger partial charge is 0.339 e. The van der Waals surface area contributed by atoms with Gasteiger partial charge in [0.15, 0.2) is 5.78 Å². The molecule has 0 unspecified atom stereocenters. The van der Waals surface area contributed by atoms with Crippen molar-refractivity contribution >= 4 is 33.4 Å². The van der Waals surface area contributed by atoms with E-state index < -0.39 is 22.1 Å². The summed E-state index contributed by atoms with van der Waals surface area (Å²) in [6.45, 7) is 0.0623. The van der Waals surface area contributed by atoms with Gasteiger partial charge >= 0.3 is 17.2 Å². The second kappa shape index (κ2) is 8.52. The van der Waals surface area contributed by atoms with Crippen LogP contribution in [0, 0.1) is 10.1 Å². The van der Waals surface area contributed by atoms with Crippen molar-refractivity contribution in [2.24, 2.45) is 0 Å². The van der Waals surface area contributed by atoms with E-state index in [1.54, 1.807) is 24.3 Å². The number of halogens is 1. The average Bonchev–Trinajstić information content (AvgIpc) is 2.62. The fourth-order valence-electron chi connectivity index (χ4n) is 2.34. The van der Waals surface area contributed by atoms with Gasteiger partial charge in [-0.1, -0.05) is 28.1 Å². The molecule has 0 aliphatic carbocycles. The normalized spacial score (nSPS) is 10.4. The Hall–Kier alpha value is -2.81. The summed E-state index contributed by atoms with van der Waals surface area (Å²) in [6.07, 6.45) is 1.65. The van der Waals surface area contributed by atoms with Crippen LogP contribution in [0.3, 0.4) is 0 Å². The number of carbonyl (C=O) groups is 2. The van der Waals surface area contributed by atoms with Crippen LogP contribution in [0.15, 0.2) is 45.8 Å². The molecular weight excluding hydrogens is 408 g/mol. The predicted octanol–water partition coefficient (Wildman–Crippen LogP) is 2.97. The highest BCUT2D eigenvalue weighted by molar-refractivity contribution is 9.10. The number of methoxy groups -OCH3 is 1. The Morgan fingerprint density at radius 2 is 1.88 bits per heavy atom. The number of aryl methyl sites for hydroxylation is 1. The predicted molar refractivity (Wildman–Crippen MR) is 96.4 cm³/mol. The molecule has 0 atom stereocenters. The first kappa shape index (κ1) is 19.5. The van der Waals surface area contributed by atoms with Crippen molar-refractivity contribution in [2.75, 3.05) is 7.11 Å². The van der Waals surface area contributed by atoms with Gasteiger partial charge in [0, 0.05) is 35.3 Å². The van der Waals surface area contributed by atoms with E-state index in [0.29, 0.717) is 5.56 Å². The first-order valence-corrected chi connectivity index (χ1v) is 8.38. The Labute approximate surface area is 156 Å². The molecule has 0 fully saturated rings. The summed E-state index contributed by atoms with van der Waals surface area (Å²) in [4.78, 5) is 46.1. The summed E-state index contributed by atoms with van der Waals surface area (Å²) in [7, 11) is 1.14. The molecule has 1 aromatic carbocycles. The highest BCUT2D eigenvalue weighted by Gasteiger charge is 2.20. The zero-order valence-corrected chi connectivity index (χ0v) is 15.4. The van der Waals surface area contributed by atoms with E-state index >= 15 is 0 Å². The lowest BCUT2D eigenvalue weighted by atomic mass is 10.1. The number of rotatable bonds is 7. The minimum Gasteiger partial charge on any atom is -0.465 e. The maximum atomic E-state index is 12.1. The number of nitro groups is 1. The number of nitrogens with zero attached hydrogens (tertiary/aromatic N) is 2. The molecule has 0 spiro atoms. The monoisotopic (exact) mass is 422 g/mol. The largest absolute Gasteiger partial charge is 0.465 e. The van der Waals surface area contributed by atoms with Gasteiger partial charge in [-0.25, -0.2) is 4.79 Å². The number of pyridine rings is 1. The van der Waals surface area contributed by atoms with Crippen molar-refractivity contribution in [3.63, 3.8) is 0 Å². The molecule has 0 radical (unpaired) electrons. The molecule has 1 heterocycles. The number of carbonyl (C=O) groups excluding carboxylic acids is 2. The summed E-state index contributed by atoms with van der Waals surface area (Å²) in [5.41, 5.74) is -1.11. The van der Waals surface area contributed by atoms with Crippen molar-refractivity contribution in [2.45, 2.75) is 19.4 Å². The molecular formula is C17H15BrN2O6. The van der Waals surface area contributed by atoms with Crippen LogP contribution >= 0.6 is 15.9 Å². The minimum absolute atomic E-state index is 0.0623. The van der Waals surface area contributed by atoms with Crippen LogP contribution in [-0.4, -0.2) is 28.4 Å². The average molecular weight is 423 g/mol. The number of benzene rings is 1. The second-order valence-corrected chi connectivity index (χ2v) is 6.31. The van der Waals surface area contributed by atoms with Crippen LogP contribution in [0.2, 0.25) is 0 Å². The lowest BCUT2D eigenvalue weighted by Crippen LogP contribution is -2.24. The first-order valence-electron chi connectivity index (χ1n) is 7.59. The third-order valence-corrected chi connectivity index (χ3v) is 4.18. The molecule has 9 heteroatoms. The second-order valence-electron chi connectivity index (χ2n) is 5.39. The maximum absolute atomic E-state index is 12.1. The Bertz CT molecular complexity index is 904. The molecule has 0 aliphatic rings. The van der Waals surface area contributed by atoms with E-state index in [0.717, 1.165) is 22.2 Å². The topological polar surface area (TPSA) is 109 Å². The number of hydrogen-bond donors (Lipinski definition) is 0. The van der Waals surface area contributed by atoms with Crippen LogP contribution in [0.5, 0.6) is 0 Å². The number of aromatic nitrogens is 1. The van der Waals surface area contributed by atoms with Gasteiger partial charge in [-0.15, -0.1) is 0 Å². The Morgan fingerprint density at radius 1 is 1.23 bits per heavy atom. The molecule has 26 heavy (non-hydrogen) atoms. The SMILES string of the molecule is COC(=O)c1cc([N+](=O)[O-])c(=O)n(CCCC(=O)c2ccc(Br)cc2)c1. The highest BCUT2D eigenvalue weighted by atomic mass is 79.9. The minimum atomic E-state index is -0.849. The molecule has 2 aromatic rings. The van der Waals surface area contributed by atoms with Gasteiger partial charge in [0.25, 0.3) is 0 Å². The van der Waals surface area contributed by atoms with Gasteiger partial charge in [-0.2, -0.15) is 0 Å². The summed E-state index contributed by atoms with van der Waals surface area (Å²) in [5, 5.41) is 11.0. The van der Waals surface area contributed by atoms with Gasteiger partial charge in [-0.3, -0.25) is 19.7 Å². The van der Waals surface area contributed by atoms with Crippen molar-refractivity contribution in [1.29, 1.82) is 0 Å². The lowest BCUT2D eigenvalue weighted by Gasteiger charge is -2.08. The van der Waals surface area contributed by atoms with E-state index in [9.17, 15) is 24.5 Å². The first-order chi connectivity index (χ1) is 12.3. The van der Waals surface area contributed by atoms with Crippen LogP contribution in [0.25, 0.3) is 0 Å². The molecule has 8 nitrogen and oxygen atoms in total. The standard InChI is InChI=1S/C17H15BrN2O6/c1-26-17(23)12-9-14(20(24)25)16(22)19(10-12)8-2-3-15(21)11-4-6-13(18)7-5-11/h4-7,9-10H,2-3,8H2,1H3. The van der Waals surface area contributed by atoms with E-state index in [2.05, 4.69) is 20.7 Å². The van der Waals surface area contributed by atoms with E-state index in [-0.39, 0.29) is 30.7 Å². The molecule has 0 aliphatic heterocycles. The van der Waals surface area contributed by atoms with Crippen LogP contribution in [-0.2, 0) is 11.3 Å². The third kappa shape index (κ3) is 4.63. The molecule has 0 saturated carbocycles. The summed E-state index contributed by atoms with van der Waals surface area (Å²) in [6, 6.07) is 7.75. The fourth-order valence-corrected chi connectivity index (χ4v) is 2.60. The van der Waals surface area contributed by atoms with Gasteiger partial charge in [0.05, 0.1) is 17.6 Å². The number of hydrogen-bond acceptors (Lipinski definition) is 6. The number of Topliss-reactive ketones (excluding diaryl/α,β-unsaturated/α-hetero) is 1. The van der Waals surface area contributed by atoms with Crippen molar-refractivity contribution in [3.05, 3.63) is 72.6 Å². The van der Waals surface area contributed by atoms with Gasteiger partial charge in [0.1, 0.15) is 0 Å². The van der Waals surface area contributed by atoms with E-state index in [4.69, 9.17) is 0 Å². The Morgan fingerprint density at radius 3 is 2.46 bits per heavy atom. The molecule has 1 aromatic heterocycles. The molecule has 0 bridgehead atoms. The van der Waals surface area contributed by atoms with Gasteiger partial charge < -0.3 is 9.30 Å². The molecule has 2 rings (SSSR count). The van der Waals surface area contributed by atoms with Gasteiger partial charge in [-0.05, 0) is 18.6 Å². The summed E-state index contributed by atoms with van der Waals surface area (Å²) >= 11 is 3.29. The van der Waals surface area contributed by atoms with E-state index in [1.165, 1.54) is 6.20 Å². The Balaban J connectivity index is 2.15. The highest BCUT2D eigenvalue weighted by Crippen LogP contribution is 2.14. The van der Waals surface area contributed by atoms with E-state index in [1.807, 2.05) is 0 Å². The zero-order chi connectivity index (χ0) is 19.3. The molecule has 0 amide bonds. The zero-order valence-electron chi connectivity index (χ0n) is 13.8. The fraction of sp³-hybridized carbons (Fsp3) is 0.235. The van der Waals surface area contributed by atoms with Crippen molar-refractivity contribution < 1.29 is 19.2 Å². The van der Waals surface area contributed by atoms with Crippen LogP contribution in [0.1, 0.15) is 33.6 Å². The van der Waals surface area contributed by atoms with Crippen molar-refractivity contribution in [1.82, 2.24) is 4.57 Å². The Kier molecular flexibility index (Phi) is 6.40. The molecule has 0 saturated heterocycles. The third-order valence-electron chi connectivity index (χ3n) is 3.65. The number of esters is 1. The number of ketones is 1. The van der Waals surface area contributed by atoms with Crippen LogP contribution in [0.4, 0.5) is 5.69 Å². The summed E-state index contributed by atoms with van der Waals surface area (Å²) in [5.74, 6) is -0.892. The molecule has 136 valence electrons. The number of ether oxygens (including phenoxy) is 1. The lowest BCUT2D eigenvalue weighted by molar-refractivity contribution is -0.386. The maximum Gasteiger partial charge on any atom is 0.339 e. The van der Waals surface area contributed by atoms with Gasteiger partial charge in [0.2, 0.25) is 0 Å².